The van der Waals surface area contributed by atoms with E-state index < -0.39 is 0 Å². The van der Waals surface area contributed by atoms with Gasteiger partial charge in [-0.05, 0) is 126 Å². The van der Waals surface area contributed by atoms with Crippen LogP contribution >= 0.6 is 0 Å². The molecule has 0 saturated heterocycles. The normalized spacial score (nSPS) is 11.6. The summed E-state index contributed by atoms with van der Waals surface area (Å²) in [4.78, 5) is 0. The highest BCUT2D eigenvalue weighted by molar-refractivity contribution is 6.02. The van der Waals surface area contributed by atoms with Crippen molar-refractivity contribution in [1.82, 2.24) is 0 Å². The molecule has 0 aliphatic carbocycles. The van der Waals surface area contributed by atoms with E-state index in [0.717, 1.165) is 12.8 Å². The van der Waals surface area contributed by atoms with Gasteiger partial charge in [-0.1, -0.05) is 98.8 Å². The van der Waals surface area contributed by atoms with Crippen LogP contribution in [-0.2, 0) is 12.8 Å². The van der Waals surface area contributed by atoms with E-state index >= 15 is 0 Å². The van der Waals surface area contributed by atoms with E-state index in [4.69, 9.17) is 0 Å². The third-order valence-electron chi connectivity index (χ3n) is 8.09. The molecule has 0 bridgehead atoms. The van der Waals surface area contributed by atoms with Crippen LogP contribution in [0.1, 0.15) is 25.0 Å². The van der Waals surface area contributed by atoms with Crippen molar-refractivity contribution in [3.63, 3.8) is 0 Å². The fourth-order valence-electron chi connectivity index (χ4n) is 5.75. The molecule has 0 fully saturated rings. The van der Waals surface area contributed by atoms with Gasteiger partial charge in [0, 0.05) is 0 Å². The van der Waals surface area contributed by atoms with Crippen LogP contribution < -0.4 is 0 Å². The first-order chi connectivity index (χ1) is 18.7. The molecule has 0 nitrogen and oxygen atoms in total. The summed E-state index contributed by atoms with van der Waals surface area (Å²) in [6.07, 6.45) is 2.14. The molecule has 38 heavy (non-hydrogen) atoms. The molecule has 0 aromatic heterocycles. The minimum Gasteiger partial charge on any atom is -0.0613 e. The first kappa shape index (κ1) is 22.8. The maximum Gasteiger partial charge on any atom is -0.0171 e. The van der Waals surface area contributed by atoms with Gasteiger partial charge in [0.2, 0.25) is 0 Å². The molecule has 7 aromatic rings. The van der Waals surface area contributed by atoms with Gasteiger partial charge in [0.05, 0.1) is 0 Å². The van der Waals surface area contributed by atoms with Gasteiger partial charge in [-0.3, -0.25) is 0 Å². The number of benzene rings is 7. The van der Waals surface area contributed by atoms with Gasteiger partial charge in [0.25, 0.3) is 0 Å². The number of fused-ring (bicyclic) bond motifs is 4. The van der Waals surface area contributed by atoms with E-state index in [-0.39, 0.29) is 0 Å². The molecule has 0 atom stereocenters. The lowest BCUT2D eigenvalue weighted by Crippen LogP contribution is -1.85. The Morgan fingerprint density at radius 3 is 0.947 bits per heavy atom. The Bertz CT molecular complexity index is 1840. The quantitative estimate of drug-likeness (QED) is 0.217. The van der Waals surface area contributed by atoms with E-state index in [9.17, 15) is 0 Å². The highest BCUT2D eigenvalue weighted by Gasteiger charge is 2.07. The number of hydrogen-bond donors (Lipinski definition) is 0. The Morgan fingerprint density at radius 1 is 0.289 bits per heavy atom. The summed E-state index contributed by atoms with van der Waals surface area (Å²) >= 11 is 0. The lowest BCUT2D eigenvalue weighted by Gasteiger charge is -2.10. The molecule has 7 rings (SSSR count). The molecule has 182 valence electrons. The lowest BCUT2D eigenvalue weighted by atomic mass is 9.94. The van der Waals surface area contributed by atoms with Crippen LogP contribution in [0.25, 0.3) is 65.3 Å². The molecule has 0 aliphatic rings. The summed E-state index contributed by atoms with van der Waals surface area (Å²) in [6, 6.07) is 45.6. The van der Waals surface area contributed by atoms with Crippen molar-refractivity contribution in [3.05, 3.63) is 132 Å². The molecule has 0 aliphatic heterocycles. The zero-order valence-electron chi connectivity index (χ0n) is 22.0. The zero-order valence-corrected chi connectivity index (χ0v) is 22.0. The van der Waals surface area contributed by atoms with Crippen LogP contribution in [0.3, 0.4) is 0 Å². The van der Waals surface area contributed by atoms with Crippen molar-refractivity contribution >= 4 is 43.1 Å². The number of rotatable bonds is 4. The highest BCUT2D eigenvalue weighted by Crippen LogP contribution is 2.33. The van der Waals surface area contributed by atoms with Crippen molar-refractivity contribution in [2.45, 2.75) is 26.7 Å². The van der Waals surface area contributed by atoms with Crippen LogP contribution in [0.4, 0.5) is 0 Å². The first-order valence-corrected chi connectivity index (χ1v) is 13.7. The predicted octanol–water partition coefficient (Wildman–Crippen LogP) is 10.8. The summed E-state index contributed by atoms with van der Waals surface area (Å²) < 4.78 is 0. The van der Waals surface area contributed by atoms with Gasteiger partial charge < -0.3 is 0 Å². The molecular weight excluding hydrogens is 456 g/mol. The minimum absolute atomic E-state index is 1.07. The molecule has 0 unspecified atom stereocenters. The fraction of sp³-hybridized carbons (Fsp3) is 0.105. The van der Waals surface area contributed by atoms with Gasteiger partial charge in [0.1, 0.15) is 0 Å². The van der Waals surface area contributed by atoms with E-state index in [0.29, 0.717) is 0 Å². The van der Waals surface area contributed by atoms with Gasteiger partial charge in [-0.2, -0.15) is 0 Å². The zero-order chi connectivity index (χ0) is 25.6. The molecule has 0 amide bonds. The van der Waals surface area contributed by atoms with E-state index in [1.807, 2.05) is 0 Å². The average molecular weight is 487 g/mol. The van der Waals surface area contributed by atoms with Gasteiger partial charge >= 0.3 is 0 Å². The van der Waals surface area contributed by atoms with Crippen LogP contribution in [0.2, 0.25) is 0 Å². The molecule has 0 heteroatoms. The minimum atomic E-state index is 1.07. The van der Waals surface area contributed by atoms with Crippen LogP contribution in [0.15, 0.2) is 121 Å². The van der Waals surface area contributed by atoms with Crippen LogP contribution in [0.5, 0.6) is 0 Å². The molecular formula is C38H30. The third-order valence-corrected chi connectivity index (χ3v) is 8.09. The lowest BCUT2D eigenvalue weighted by molar-refractivity contribution is 1.15. The van der Waals surface area contributed by atoms with E-state index in [1.54, 1.807) is 0 Å². The SMILES string of the molecule is CCc1ccc2cc(-c3ccc4cc5cc(-c6ccc7cc(CC)ccc7c6)ccc5cc4c3)ccc2c1. The van der Waals surface area contributed by atoms with Crippen molar-refractivity contribution in [3.8, 4) is 22.3 Å². The summed E-state index contributed by atoms with van der Waals surface area (Å²) in [6.45, 7) is 4.42. The first-order valence-electron chi connectivity index (χ1n) is 13.7. The van der Waals surface area contributed by atoms with Gasteiger partial charge in [0.15, 0.2) is 0 Å². The second kappa shape index (κ2) is 9.15. The van der Waals surface area contributed by atoms with Crippen LogP contribution in [-0.4, -0.2) is 0 Å². The monoisotopic (exact) mass is 486 g/mol. The third kappa shape index (κ3) is 4.03. The molecule has 0 saturated carbocycles. The molecule has 0 N–H and O–H groups in total. The number of hydrogen-bond acceptors (Lipinski definition) is 0. The Balaban J connectivity index is 1.26. The Kier molecular flexibility index (Phi) is 5.48. The number of aryl methyl sites for hydroxylation is 2. The predicted molar refractivity (Wildman–Crippen MR) is 166 cm³/mol. The Labute approximate surface area is 224 Å². The molecule has 0 heterocycles. The second-order valence-electron chi connectivity index (χ2n) is 10.5. The summed E-state index contributed by atoms with van der Waals surface area (Å²) in [5.41, 5.74) is 7.83. The summed E-state index contributed by atoms with van der Waals surface area (Å²) in [5, 5.41) is 10.3. The maximum absolute atomic E-state index is 2.33. The summed E-state index contributed by atoms with van der Waals surface area (Å²) in [7, 11) is 0. The molecule has 0 radical (unpaired) electrons. The van der Waals surface area contributed by atoms with Gasteiger partial charge in [-0.15, -0.1) is 0 Å². The Morgan fingerprint density at radius 2 is 0.579 bits per heavy atom. The maximum atomic E-state index is 2.33. The second-order valence-corrected chi connectivity index (χ2v) is 10.5. The fourth-order valence-corrected chi connectivity index (χ4v) is 5.75. The van der Waals surface area contributed by atoms with Crippen molar-refractivity contribution < 1.29 is 0 Å². The van der Waals surface area contributed by atoms with Crippen molar-refractivity contribution in [2.75, 3.05) is 0 Å². The van der Waals surface area contributed by atoms with Crippen molar-refractivity contribution in [1.29, 1.82) is 0 Å². The Hall–Kier alpha value is -4.42. The molecule has 0 spiro atoms. The van der Waals surface area contributed by atoms with E-state index in [1.165, 1.54) is 76.5 Å². The van der Waals surface area contributed by atoms with E-state index in [2.05, 4.69) is 135 Å². The average Bonchev–Trinajstić information content (AvgIpc) is 2.98. The smallest absolute Gasteiger partial charge is 0.0171 e. The summed E-state index contributed by atoms with van der Waals surface area (Å²) in [5.74, 6) is 0. The van der Waals surface area contributed by atoms with Gasteiger partial charge in [-0.25, -0.2) is 0 Å². The molecule has 7 aromatic carbocycles. The topological polar surface area (TPSA) is 0 Å². The highest BCUT2D eigenvalue weighted by atomic mass is 14.1. The van der Waals surface area contributed by atoms with Crippen LogP contribution in [0, 0.1) is 0 Å². The van der Waals surface area contributed by atoms with Crippen molar-refractivity contribution in [2.24, 2.45) is 0 Å². The largest absolute Gasteiger partial charge is 0.0613 e. The standard InChI is InChI=1S/C38H30/c1-3-25-5-7-29-19-31(11-9-27(29)17-25)33-13-15-35-24-38-22-34(14-16-36(38)23-37(35)21-33)32-12-10-28-18-26(4-2)6-8-30(28)20-32/h5-24H,3-4H2,1-2H3.